The lowest BCUT2D eigenvalue weighted by atomic mass is 9.44. The van der Waals surface area contributed by atoms with Crippen LogP contribution in [0.2, 0.25) is 0 Å². The Kier molecular flexibility index (Phi) is 5.76. The quantitative estimate of drug-likeness (QED) is 0.463. The van der Waals surface area contributed by atoms with E-state index in [1.54, 1.807) is 11.1 Å². The van der Waals surface area contributed by atoms with E-state index < -0.39 is 0 Å². The van der Waals surface area contributed by atoms with Crippen LogP contribution in [0.3, 0.4) is 0 Å². The van der Waals surface area contributed by atoms with E-state index in [9.17, 15) is 9.90 Å². The zero-order valence-electron chi connectivity index (χ0n) is 21.8. The molecule has 0 aromatic carbocycles. The van der Waals surface area contributed by atoms with E-state index >= 15 is 0 Å². The van der Waals surface area contributed by atoms with Crippen molar-refractivity contribution in [3.05, 3.63) is 34.9 Å². The lowest BCUT2D eigenvalue weighted by Gasteiger charge is -2.59. The molecule has 1 N–H and O–H groups in total. The van der Waals surface area contributed by atoms with E-state index in [-0.39, 0.29) is 27.8 Å². The highest BCUT2D eigenvalue weighted by Crippen LogP contribution is 2.71. The molecular weight excluding hydrogens is 392 g/mol. The monoisotopic (exact) mass is 438 g/mol. The van der Waals surface area contributed by atoms with Gasteiger partial charge in [0.2, 0.25) is 0 Å². The average molecular weight is 439 g/mol. The van der Waals surface area contributed by atoms with Gasteiger partial charge >= 0.3 is 0 Å². The second kappa shape index (κ2) is 7.69. The SMILES string of the molecule is CC(C)=CC(O)C[C@@H](C)[C@H]1CC[C@@]2(C)C3=CCC4C(C)(C)C(=O)CC[C@]4(C)C3=CC[C@]12C. The van der Waals surface area contributed by atoms with Crippen LogP contribution in [0.25, 0.3) is 0 Å². The third-order valence-corrected chi connectivity index (χ3v) is 10.9. The Balaban J connectivity index is 1.67. The second-order valence-electron chi connectivity index (χ2n) is 13.2. The fraction of sp³-hybridized carbons (Fsp3) is 0.767. The highest BCUT2D eigenvalue weighted by Gasteiger charge is 2.63. The Morgan fingerprint density at radius 1 is 1.12 bits per heavy atom. The van der Waals surface area contributed by atoms with Gasteiger partial charge in [0.1, 0.15) is 5.78 Å². The van der Waals surface area contributed by atoms with E-state index in [1.807, 2.05) is 6.08 Å². The summed E-state index contributed by atoms with van der Waals surface area (Å²) >= 11 is 0. The van der Waals surface area contributed by atoms with Crippen molar-refractivity contribution in [2.24, 2.45) is 39.4 Å². The molecule has 178 valence electrons. The van der Waals surface area contributed by atoms with Gasteiger partial charge in [-0.2, -0.15) is 0 Å². The normalized spacial score (nSPS) is 42.1. The molecule has 0 heterocycles. The first-order valence-corrected chi connectivity index (χ1v) is 13.1. The standard InChI is InChI=1S/C30H46O2/c1-19(2)17-21(31)18-20(3)22-11-15-30(8)24-9-10-25-27(4,5)26(32)13-14-28(25,6)23(24)12-16-29(22,30)7/h9,12,17,20-22,25,31H,10-11,13-16,18H2,1-8H3/t20-,21?,22-,25?,28-,29-,30+/m1/s1. The minimum absolute atomic E-state index is 0.120. The number of carbonyl (C=O) groups is 1. The predicted molar refractivity (Wildman–Crippen MR) is 133 cm³/mol. The Morgan fingerprint density at radius 3 is 2.47 bits per heavy atom. The largest absolute Gasteiger partial charge is 0.389 e. The summed E-state index contributed by atoms with van der Waals surface area (Å²) in [6, 6.07) is 0. The summed E-state index contributed by atoms with van der Waals surface area (Å²) in [6.45, 7) is 18.4. The maximum absolute atomic E-state index is 12.8. The number of rotatable bonds is 4. The molecule has 2 nitrogen and oxygen atoms in total. The zero-order valence-corrected chi connectivity index (χ0v) is 21.8. The van der Waals surface area contributed by atoms with Gasteiger partial charge < -0.3 is 5.11 Å². The molecular formula is C30H46O2. The Hall–Kier alpha value is -1.15. The van der Waals surface area contributed by atoms with Gasteiger partial charge in [-0.15, -0.1) is 0 Å². The van der Waals surface area contributed by atoms with Crippen molar-refractivity contribution in [3.8, 4) is 0 Å². The molecule has 32 heavy (non-hydrogen) atoms. The second-order valence-corrected chi connectivity index (χ2v) is 13.2. The summed E-state index contributed by atoms with van der Waals surface area (Å²) in [5.41, 5.74) is 4.69. The van der Waals surface area contributed by atoms with Crippen molar-refractivity contribution in [1.82, 2.24) is 0 Å². The number of aliphatic hydroxyl groups is 1. The van der Waals surface area contributed by atoms with Gasteiger partial charge in [0.05, 0.1) is 6.10 Å². The molecule has 0 aromatic rings. The number of hydrogen-bond donors (Lipinski definition) is 1. The summed E-state index contributed by atoms with van der Waals surface area (Å²) < 4.78 is 0. The number of ketones is 1. The fourth-order valence-electron chi connectivity index (χ4n) is 8.76. The molecule has 2 unspecified atom stereocenters. The molecule has 0 saturated heterocycles. The van der Waals surface area contributed by atoms with E-state index in [4.69, 9.17) is 0 Å². The molecule has 2 fully saturated rings. The molecule has 4 aliphatic carbocycles. The molecule has 4 aliphatic rings. The first-order valence-electron chi connectivity index (χ1n) is 13.1. The van der Waals surface area contributed by atoms with Crippen molar-refractivity contribution in [3.63, 3.8) is 0 Å². The third kappa shape index (κ3) is 3.26. The van der Waals surface area contributed by atoms with Crippen molar-refractivity contribution in [1.29, 1.82) is 0 Å². The average Bonchev–Trinajstić information content (AvgIpc) is 2.96. The third-order valence-electron chi connectivity index (χ3n) is 10.9. The highest BCUT2D eigenvalue weighted by molar-refractivity contribution is 5.86. The lowest BCUT2D eigenvalue weighted by molar-refractivity contribution is -0.138. The van der Waals surface area contributed by atoms with Gasteiger partial charge in [-0.25, -0.2) is 0 Å². The van der Waals surface area contributed by atoms with Gasteiger partial charge in [-0.3, -0.25) is 4.79 Å². The summed E-state index contributed by atoms with van der Waals surface area (Å²) in [5, 5.41) is 10.6. The smallest absolute Gasteiger partial charge is 0.138 e. The molecule has 0 bridgehead atoms. The lowest BCUT2D eigenvalue weighted by Crippen LogP contribution is -2.53. The minimum atomic E-state index is -0.337. The van der Waals surface area contributed by atoms with Gasteiger partial charge in [-0.1, -0.05) is 65.3 Å². The van der Waals surface area contributed by atoms with Gasteiger partial charge in [0.15, 0.2) is 0 Å². The molecule has 0 aliphatic heterocycles. The van der Waals surface area contributed by atoms with Gasteiger partial charge in [0.25, 0.3) is 0 Å². The highest BCUT2D eigenvalue weighted by atomic mass is 16.3. The summed E-state index contributed by atoms with van der Waals surface area (Å²) in [6.07, 6.45) is 14.0. The topological polar surface area (TPSA) is 37.3 Å². The van der Waals surface area contributed by atoms with Crippen LogP contribution in [0.15, 0.2) is 34.9 Å². The first-order chi connectivity index (χ1) is 14.8. The minimum Gasteiger partial charge on any atom is -0.389 e. The van der Waals surface area contributed by atoms with Crippen LogP contribution in [0.4, 0.5) is 0 Å². The molecule has 0 amide bonds. The van der Waals surface area contributed by atoms with Crippen LogP contribution >= 0.6 is 0 Å². The first kappa shape index (κ1) is 24.0. The maximum Gasteiger partial charge on any atom is 0.138 e. The predicted octanol–water partition coefficient (Wildman–Crippen LogP) is 7.43. The van der Waals surface area contributed by atoms with Crippen LogP contribution in [0, 0.1) is 39.4 Å². The van der Waals surface area contributed by atoms with Crippen molar-refractivity contribution in [2.45, 2.75) is 106 Å². The van der Waals surface area contributed by atoms with Crippen LogP contribution in [-0.4, -0.2) is 17.0 Å². The number of fused-ring (bicyclic) bond motifs is 5. The van der Waals surface area contributed by atoms with Crippen molar-refractivity contribution >= 4 is 5.78 Å². The molecule has 0 radical (unpaired) electrons. The Morgan fingerprint density at radius 2 is 1.81 bits per heavy atom. The van der Waals surface area contributed by atoms with E-state index in [1.165, 1.54) is 18.4 Å². The van der Waals surface area contributed by atoms with Crippen molar-refractivity contribution < 1.29 is 9.90 Å². The number of hydrogen-bond acceptors (Lipinski definition) is 2. The van der Waals surface area contributed by atoms with Crippen molar-refractivity contribution in [2.75, 3.05) is 0 Å². The number of aliphatic hydroxyl groups excluding tert-OH is 1. The molecule has 0 spiro atoms. The molecule has 2 heteroatoms. The summed E-state index contributed by atoms with van der Waals surface area (Å²) in [7, 11) is 0. The van der Waals surface area contributed by atoms with E-state index in [0.717, 1.165) is 32.1 Å². The number of Topliss-reactive ketones (excluding diaryl/α,β-unsaturated/α-hetero) is 1. The molecule has 4 rings (SSSR count). The maximum atomic E-state index is 12.8. The van der Waals surface area contributed by atoms with Crippen LogP contribution in [-0.2, 0) is 4.79 Å². The van der Waals surface area contributed by atoms with E-state index in [0.29, 0.717) is 23.5 Å². The Labute approximate surface area is 196 Å². The Bertz CT molecular complexity index is 885. The number of allylic oxidation sites excluding steroid dienone is 5. The fourth-order valence-corrected chi connectivity index (χ4v) is 8.76. The number of carbonyl (C=O) groups excluding carboxylic acids is 1. The van der Waals surface area contributed by atoms with Gasteiger partial charge in [-0.05, 0) is 97.5 Å². The summed E-state index contributed by atoms with van der Waals surface area (Å²) in [4.78, 5) is 12.8. The van der Waals surface area contributed by atoms with Crippen LogP contribution < -0.4 is 0 Å². The van der Waals surface area contributed by atoms with Crippen LogP contribution in [0.5, 0.6) is 0 Å². The zero-order chi connectivity index (χ0) is 23.7. The molecule has 7 atom stereocenters. The van der Waals surface area contributed by atoms with Gasteiger partial charge in [0, 0.05) is 11.8 Å². The molecule has 0 aromatic heterocycles. The summed E-state index contributed by atoms with van der Waals surface area (Å²) in [5.74, 6) is 1.99. The molecule has 2 saturated carbocycles. The van der Waals surface area contributed by atoms with E-state index in [2.05, 4.69) is 67.5 Å². The van der Waals surface area contributed by atoms with Crippen LogP contribution in [0.1, 0.15) is 100 Å².